The minimum Gasteiger partial charge on any atom is -0.454 e. The lowest BCUT2D eigenvalue weighted by atomic mass is 10.0. The van der Waals surface area contributed by atoms with Crippen LogP contribution in [0.1, 0.15) is 32.8 Å². The van der Waals surface area contributed by atoms with E-state index in [-0.39, 0.29) is 24.6 Å². The number of benzene rings is 2. The van der Waals surface area contributed by atoms with Crippen LogP contribution in [0.15, 0.2) is 72.9 Å². The first-order valence-electron chi connectivity index (χ1n) is 10.5. The molecule has 0 radical (unpaired) electrons. The lowest BCUT2D eigenvalue weighted by molar-refractivity contribution is 0.0722. The van der Waals surface area contributed by atoms with Gasteiger partial charge in [0.05, 0.1) is 0 Å². The van der Waals surface area contributed by atoms with E-state index in [4.69, 9.17) is 9.47 Å². The lowest BCUT2D eigenvalue weighted by Gasteiger charge is -2.29. The van der Waals surface area contributed by atoms with E-state index < -0.39 is 0 Å². The minimum atomic E-state index is -0.228. The monoisotopic (exact) mass is 431 g/mol. The Kier molecular flexibility index (Phi) is 6.65. The number of rotatable bonds is 8. The van der Waals surface area contributed by atoms with E-state index in [0.29, 0.717) is 42.1 Å². The fourth-order valence-electron chi connectivity index (χ4n) is 3.66. The average molecular weight is 431 g/mol. The number of nitrogens with zero attached hydrogens (tertiary/aromatic N) is 2. The highest BCUT2D eigenvalue weighted by atomic mass is 16.7. The summed E-state index contributed by atoms with van der Waals surface area (Å²) in [5, 5.41) is 2.91. The van der Waals surface area contributed by atoms with E-state index in [1.54, 1.807) is 54.5 Å². The van der Waals surface area contributed by atoms with Crippen LogP contribution >= 0.6 is 0 Å². The Bertz CT molecular complexity index is 1070. The molecule has 2 heterocycles. The fraction of sp³-hybridized carbons (Fsp3) is 0.240. The molecule has 4 rings (SSSR count). The molecule has 0 unspecified atom stereocenters. The second-order valence-electron chi connectivity index (χ2n) is 7.59. The zero-order chi connectivity index (χ0) is 22.3. The number of nitrogens with one attached hydrogen (secondary N) is 1. The van der Waals surface area contributed by atoms with Crippen molar-refractivity contribution in [3.8, 4) is 11.5 Å². The molecule has 2 amide bonds. The van der Waals surface area contributed by atoms with Crippen LogP contribution < -0.4 is 14.8 Å². The summed E-state index contributed by atoms with van der Waals surface area (Å²) in [4.78, 5) is 31.4. The van der Waals surface area contributed by atoms with Gasteiger partial charge in [-0.3, -0.25) is 14.6 Å². The number of carbonyl (C=O) groups excluding carboxylic acids is 2. The van der Waals surface area contributed by atoms with E-state index in [2.05, 4.69) is 10.3 Å². The first kappa shape index (κ1) is 21.4. The van der Waals surface area contributed by atoms with Gasteiger partial charge in [-0.05, 0) is 48.7 Å². The van der Waals surface area contributed by atoms with Crippen molar-refractivity contribution < 1.29 is 19.1 Å². The molecule has 164 valence electrons. The minimum absolute atomic E-state index is 0.111. The van der Waals surface area contributed by atoms with Gasteiger partial charge in [-0.1, -0.05) is 36.4 Å². The van der Waals surface area contributed by atoms with Crippen LogP contribution in [0, 0.1) is 0 Å². The van der Waals surface area contributed by atoms with Gasteiger partial charge < -0.3 is 19.7 Å². The molecule has 0 bridgehead atoms. The van der Waals surface area contributed by atoms with Crippen molar-refractivity contribution in [1.82, 2.24) is 15.2 Å². The molecule has 1 atom stereocenters. The molecule has 1 N–H and O–H groups in total. The normalized spacial score (nSPS) is 12.8. The molecule has 32 heavy (non-hydrogen) atoms. The van der Waals surface area contributed by atoms with E-state index in [1.165, 1.54) is 0 Å². The average Bonchev–Trinajstić information content (AvgIpc) is 3.31. The second-order valence-corrected chi connectivity index (χ2v) is 7.59. The van der Waals surface area contributed by atoms with Crippen LogP contribution in [0.25, 0.3) is 0 Å². The summed E-state index contributed by atoms with van der Waals surface area (Å²) < 4.78 is 10.8. The number of likely N-dealkylation sites (N-methyl/N-ethyl adjacent to an activating group) is 1. The van der Waals surface area contributed by atoms with Crippen molar-refractivity contribution in [3.05, 3.63) is 89.7 Å². The Morgan fingerprint density at radius 1 is 1.03 bits per heavy atom. The van der Waals surface area contributed by atoms with Crippen molar-refractivity contribution in [2.45, 2.75) is 18.9 Å². The third-order valence-electron chi connectivity index (χ3n) is 5.46. The second kappa shape index (κ2) is 9.96. The first-order chi connectivity index (χ1) is 15.6. The molecular formula is C25H25N3O4. The van der Waals surface area contributed by atoms with Gasteiger partial charge in [0.15, 0.2) is 11.5 Å². The Morgan fingerprint density at radius 3 is 2.59 bits per heavy atom. The molecule has 7 heteroatoms. The Labute approximate surface area is 187 Å². The summed E-state index contributed by atoms with van der Waals surface area (Å²) in [6, 6.07) is 20.3. The highest BCUT2D eigenvalue weighted by Gasteiger charge is 2.24. The molecule has 7 nitrogen and oxygen atoms in total. The maximum absolute atomic E-state index is 13.2. The molecule has 2 aromatic carbocycles. The van der Waals surface area contributed by atoms with Crippen LogP contribution in [0.4, 0.5) is 0 Å². The molecule has 0 saturated carbocycles. The number of hydrogen-bond acceptors (Lipinski definition) is 5. The Balaban J connectivity index is 1.45. The third-order valence-corrected chi connectivity index (χ3v) is 5.46. The number of aromatic nitrogens is 1. The summed E-state index contributed by atoms with van der Waals surface area (Å²) in [6.45, 7) is 0.584. The van der Waals surface area contributed by atoms with Crippen molar-refractivity contribution in [1.29, 1.82) is 0 Å². The number of ether oxygens (including phenoxy) is 2. The summed E-state index contributed by atoms with van der Waals surface area (Å²) in [7, 11) is 1.79. The molecule has 1 aliphatic heterocycles. The maximum Gasteiger partial charge on any atom is 0.269 e. The number of carbonyl (C=O) groups is 2. The lowest BCUT2D eigenvalue weighted by Crippen LogP contribution is -2.41. The van der Waals surface area contributed by atoms with Gasteiger partial charge in [0.25, 0.3) is 11.8 Å². The standard InChI is InChI=1S/C25H25N3O4/c1-28(25(30)19-10-11-22-23(16-19)32-17-31-22)20(15-18-7-3-2-4-8-18)12-14-27-24(29)21-9-5-6-13-26-21/h2-11,13,16,20H,12,14-15,17H2,1H3,(H,27,29)/t20-/m0/s1. The smallest absolute Gasteiger partial charge is 0.269 e. The van der Waals surface area contributed by atoms with Crippen LogP contribution in [0.3, 0.4) is 0 Å². The van der Waals surface area contributed by atoms with Crippen molar-refractivity contribution in [2.75, 3.05) is 20.4 Å². The number of hydrogen-bond donors (Lipinski definition) is 1. The van der Waals surface area contributed by atoms with Gasteiger partial charge in [0, 0.05) is 31.4 Å². The number of pyridine rings is 1. The van der Waals surface area contributed by atoms with Crippen molar-refractivity contribution in [2.24, 2.45) is 0 Å². The summed E-state index contributed by atoms with van der Waals surface area (Å²) in [5.74, 6) is 0.878. The highest BCUT2D eigenvalue weighted by molar-refractivity contribution is 5.95. The van der Waals surface area contributed by atoms with E-state index >= 15 is 0 Å². The van der Waals surface area contributed by atoms with E-state index in [9.17, 15) is 9.59 Å². The van der Waals surface area contributed by atoms with Gasteiger partial charge in [-0.2, -0.15) is 0 Å². The third kappa shape index (κ3) is 5.06. The van der Waals surface area contributed by atoms with Gasteiger partial charge in [0.2, 0.25) is 6.79 Å². The van der Waals surface area contributed by atoms with Crippen molar-refractivity contribution >= 4 is 11.8 Å². The largest absolute Gasteiger partial charge is 0.454 e. The summed E-state index contributed by atoms with van der Waals surface area (Å²) in [6.07, 6.45) is 2.86. The quantitative estimate of drug-likeness (QED) is 0.592. The van der Waals surface area contributed by atoms with Gasteiger partial charge in [0.1, 0.15) is 5.69 Å². The molecule has 1 aromatic heterocycles. The van der Waals surface area contributed by atoms with Gasteiger partial charge >= 0.3 is 0 Å². The summed E-state index contributed by atoms with van der Waals surface area (Å²) >= 11 is 0. The zero-order valence-electron chi connectivity index (χ0n) is 17.9. The predicted octanol–water partition coefficient (Wildman–Crippen LogP) is 3.31. The molecule has 0 aliphatic carbocycles. The topological polar surface area (TPSA) is 80.8 Å². The predicted molar refractivity (Wildman–Crippen MR) is 120 cm³/mol. The molecular weight excluding hydrogens is 406 g/mol. The highest BCUT2D eigenvalue weighted by Crippen LogP contribution is 2.33. The Morgan fingerprint density at radius 2 is 1.81 bits per heavy atom. The fourth-order valence-corrected chi connectivity index (χ4v) is 3.66. The maximum atomic E-state index is 13.2. The van der Waals surface area contributed by atoms with Gasteiger partial charge in [-0.25, -0.2) is 0 Å². The SMILES string of the molecule is CN(C(=O)c1ccc2c(c1)OCO2)[C@@H](CCNC(=O)c1ccccn1)Cc1ccccc1. The van der Waals surface area contributed by atoms with E-state index in [0.717, 1.165) is 5.56 Å². The van der Waals surface area contributed by atoms with Crippen LogP contribution in [-0.4, -0.2) is 48.1 Å². The van der Waals surface area contributed by atoms with Crippen LogP contribution in [-0.2, 0) is 6.42 Å². The Hall–Kier alpha value is -3.87. The molecule has 3 aromatic rings. The zero-order valence-corrected chi connectivity index (χ0v) is 17.9. The molecule has 0 spiro atoms. The van der Waals surface area contributed by atoms with Crippen molar-refractivity contribution in [3.63, 3.8) is 0 Å². The first-order valence-corrected chi connectivity index (χ1v) is 10.5. The summed E-state index contributed by atoms with van der Waals surface area (Å²) in [5.41, 5.74) is 2.03. The van der Waals surface area contributed by atoms with E-state index in [1.807, 2.05) is 30.3 Å². The molecule has 1 aliphatic rings. The molecule has 0 fully saturated rings. The van der Waals surface area contributed by atoms with Gasteiger partial charge in [-0.15, -0.1) is 0 Å². The number of amides is 2. The van der Waals surface area contributed by atoms with Crippen LogP contribution in [0.5, 0.6) is 11.5 Å². The number of fused-ring (bicyclic) bond motifs is 1. The van der Waals surface area contributed by atoms with Crippen LogP contribution in [0.2, 0.25) is 0 Å². The molecule has 0 saturated heterocycles.